The molecule has 120 valence electrons. The minimum atomic E-state index is -0.214. The summed E-state index contributed by atoms with van der Waals surface area (Å²) in [6.45, 7) is 6.98. The Morgan fingerprint density at radius 2 is 2.29 bits per heavy atom. The largest absolute Gasteiger partial charge is 0.374 e. The number of ether oxygens (including phenoxy) is 1. The Kier molecular flexibility index (Phi) is 5.33. The van der Waals surface area contributed by atoms with E-state index in [9.17, 15) is 0 Å². The molecule has 0 amide bonds. The molecule has 0 saturated heterocycles. The summed E-state index contributed by atoms with van der Waals surface area (Å²) < 4.78 is 8.01. The van der Waals surface area contributed by atoms with E-state index in [0.29, 0.717) is 18.9 Å². The van der Waals surface area contributed by atoms with Crippen molar-refractivity contribution in [3.05, 3.63) is 16.4 Å². The molecule has 1 aromatic heterocycles. The van der Waals surface area contributed by atoms with Crippen LogP contribution in [0.15, 0.2) is 0 Å². The van der Waals surface area contributed by atoms with Crippen molar-refractivity contribution in [1.82, 2.24) is 9.78 Å². The van der Waals surface area contributed by atoms with Crippen LogP contribution >= 0.6 is 11.6 Å². The van der Waals surface area contributed by atoms with Gasteiger partial charge in [0, 0.05) is 26.1 Å². The highest BCUT2D eigenvalue weighted by molar-refractivity contribution is 6.31. The van der Waals surface area contributed by atoms with E-state index in [1.54, 1.807) is 0 Å². The van der Waals surface area contributed by atoms with Crippen molar-refractivity contribution >= 4 is 11.6 Å². The monoisotopic (exact) mass is 313 g/mol. The number of halogens is 1. The van der Waals surface area contributed by atoms with Gasteiger partial charge in [-0.2, -0.15) is 5.10 Å². The zero-order chi connectivity index (χ0) is 15.6. The first-order valence-electron chi connectivity index (χ1n) is 7.97. The fourth-order valence-corrected chi connectivity index (χ4v) is 3.94. The maximum absolute atomic E-state index is 6.59. The molecule has 4 nitrogen and oxygen atoms in total. The molecule has 0 aliphatic heterocycles. The average Bonchev–Trinajstić information content (AvgIpc) is 2.65. The average molecular weight is 314 g/mol. The summed E-state index contributed by atoms with van der Waals surface area (Å²) >= 11 is 6.37. The summed E-state index contributed by atoms with van der Waals surface area (Å²) in [7, 11) is 1.93. The number of nitrogens with two attached hydrogens (primary N) is 1. The number of hydrogen-bond donors (Lipinski definition) is 1. The SMILES string of the molecule is CCOC1(C(N)Cc2c(Cl)c(C)nn2C)CCCC(C)C1. The van der Waals surface area contributed by atoms with E-state index >= 15 is 0 Å². The van der Waals surface area contributed by atoms with Crippen LogP contribution in [0.25, 0.3) is 0 Å². The van der Waals surface area contributed by atoms with Gasteiger partial charge in [0.15, 0.2) is 0 Å². The highest BCUT2D eigenvalue weighted by Gasteiger charge is 2.41. The fourth-order valence-electron chi connectivity index (χ4n) is 3.70. The zero-order valence-electron chi connectivity index (χ0n) is 13.7. The normalized spacial score (nSPS) is 27.8. The molecule has 1 fully saturated rings. The van der Waals surface area contributed by atoms with Crippen molar-refractivity contribution in [3.8, 4) is 0 Å². The summed E-state index contributed by atoms with van der Waals surface area (Å²) in [5, 5.41) is 5.12. The first kappa shape index (κ1) is 16.8. The molecule has 3 atom stereocenters. The molecular weight excluding hydrogens is 286 g/mol. The van der Waals surface area contributed by atoms with E-state index in [-0.39, 0.29) is 11.6 Å². The second kappa shape index (κ2) is 6.67. The van der Waals surface area contributed by atoms with Gasteiger partial charge in [0.25, 0.3) is 0 Å². The lowest BCUT2D eigenvalue weighted by Crippen LogP contribution is -2.54. The van der Waals surface area contributed by atoms with Gasteiger partial charge in [-0.3, -0.25) is 4.68 Å². The van der Waals surface area contributed by atoms with Gasteiger partial charge in [-0.05, 0) is 32.6 Å². The molecule has 1 aliphatic carbocycles. The quantitative estimate of drug-likeness (QED) is 0.908. The van der Waals surface area contributed by atoms with Gasteiger partial charge in [0.2, 0.25) is 0 Å². The predicted octanol–water partition coefficient (Wildman–Crippen LogP) is 3.24. The van der Waals surface area contributed by atoms with Crippen molar-refractivity contribution in [1.29, 1.82) is 0 Å². The molecule has 2 N–H and O–H groups in total. The molecule has 1 aromatic rings. The summed E-state index contributed by atoms with van der Waals surface area (Å²) in [5.41, 5.74) is 8.25. The third-order valence-corrected chi connectivity index (χ3v) is 5.26. The molecule has 3 unspecified atom stereocenters. The van der Waals surface area contributed by atoms with Crippen LogP contribution in [-0.4, -0.2) is 28.0 Å². The van der Waals surface area contributed by atoms with Crippen molar-refractivity contribution in [3.63, 3.8) is 0 Å². The molecule has 21 heavy (non-hydrogen) atoms. The molecule has 1 saturated carbocycles. The molecule has 5 heteroatoms. The zero-order valence-corrected chi connectivity index (χ0v) is 14.4. The lowest BCUT2D eigenvalue weighted by atomic mass is 9.73. The maximum atomic E-state index is 6.59. The van der Waals surface area contributed by atoms with Crippen LogP contribution in [0.1, 0.15) is 50.9 Å². The lowest BCUT2D eigenvalue weighted by Gasteiger charge is -2.44. The summed E-state index contributed by atoms with van der Waals surface area (Å²) in [5.74, 6) is 0.667. The number of rotatable bonds is 5. The minimum absolute atomic E-state index is 0.0486. The fraction of sp³-hybridized carbons (Fsp3) is 0.812. The molecular formula is C16H28ClN3O. The molecule has 0 bridgehead atoms. The van der Waals surface area contributed by atoms with Gasteiger partial charge >= 0.3 is 0 Å². The third-order valence-electron chi connectivity index (χ3n) is 4.77. The third kappa shape index (κ3) is 3.43. The standard InChI is InChI=1S/C16H28ClN3O/c1-5-21-16(8-6-7-11(2)10-16)14(18)9-13-15(17)12(3)19-20(13)4/h11,14H,5-10,18H2,1-4H3. The number of aromatic nitrogens is 2. The summed E-state index contributed by atoms with van der Waals surface area (Å²) in [4.78, 5) is 0. The van der Waals surface area contributed by atoms with Crippen LogP contribution in [0, 0.1) is 12.8 Å². The minimum Gasteiger partial charge on any atom is -0.374 e. The first-order valence-corrected chi connectivity index (χ1v) is 8.35. The van der Waals surface area contributed by atoms with E-state index < -0.39 is 0 Å². The van der Waals surface area contributed by atoms with Crippen LogP contribution in [-0.2, 0) is 18.2 Å². The Bertz CT molecular complexity index is 484. The maximum Gasteiger partial charge on any atom is 0.0847 e. The van der Waals surface area contributed by atoms with Gasteiger partial charge < -0.3 is 10.5 Å². The Balaban J connectivity index is 2.20. The smallest absolute Gasteiger partial charge is 0.0847 e. The Morgan fingerprint density at radius 1 is 1.57 bits per heavy atom. The first-order chi connectivity index (χ1) is 9.89. The number of nitrogens with zero attached hydrogens (tertiary/aromatic N) is 2. The van der Waals surface area contributed by atoms with E-state index in [1.165, 1.54) is 12.8 Å². The topological polar surface area (TPSA) is 53.1 Å². The lowest BCUT2D eigenvalue weighted by molar-refractivity contribution is -0.0927. The Labute approximate surface area is 133 Å². The molecule has 0 radical (unpaired) electrons. The molecule has 2 rings (SSSR count). The predicted molar refractivity (Wildman–Crippen MR) is 86.6 cm³/mol. The summed E-state index contributed by atoms with van der Waals surface area (Å²) in [6.07, 6.45) is 5.25. The molecule has 0 spiro atoms. The van der Waals surface area contributed by atoms with Crippen LogP contribution in [0.3, 0.4) is 0 Å². The van der Waals surface area contributed by atoms with Gasteiger partial charge in [0.1, 0.15) is 0 Å². The van der Waals surface area contributed by atoms with Crippen molar-refractivity contribution in [2.75, 3.05) is 6.61 Å². The van der Waals surface area contributed by atoms with Crippen molar-refractivity contribution in [2.45, 2.75) is 64.5 Å². The van der Waals surface area contributed by atoms with E-state index in [0.717, 1.165) is 29.3 Å². The van der Waals surface area contributed by atoms with Crippen LogP contribution in [0.5, 0.6) is 0 Å². The number of aryl methyl sites for hydroxylation is 2. The molecule has 1 heterocycles. The van der Waals surface area contributed by atoms with Crippen LogP contribution in [0.2, 0.25) is 5.02 Å². The highest BCUT2D eigenvalue weighted by atomic mass is 35.5. The van der Waals surface area contributed by atoms with Crippen molar-refractivity contribution in [2.24, 2.45) is 18.7 Å². The van der Waals surface area contributed by atoms with Gasteiger partial charge in [0.05, 0.1) is 22.0 Å². The van der Waals surface area contributed by atoms with Gasteiger partial charge in [-0.15, -0.1) is 0 Å². The number of hydrogen-bond acceptors (Lipinski definition) is 3. The van der Waals surface area contributed by atoms with E-state index in [2.05, 4.69) is 18.9 Å². The van der Waals surface area contributed by atoms with Gasteiger partial charge in [-0.1, -0.05) is 31.4 Å². The molecule has 1 aliphatic rings. The van der Waals surface area contributed by atoms with E-state index in [1.807, 2.05) is 18.7 Å². The Hall–Kier alpha value is -0.580. The van der Waals surface area contributed by atoms with E-state index in [4.69, 9.17) is 22.1 Å². The van der Waals surface area contributed by atoms with Gasteiger partial charge in [-0.25, -0.2) is 0 Å². The summed E-state index contributed by atoms with van der Waals surface area (Å²) in [6, 6.07) is -0.0486. The Morgan fingerprint density at radius 3 is 2.81 bits per heavy atom. The van der Waals surface area contributed by atoms with Crippen molar-refractivity contribution < 1.29 is 4.74 Å². The highest BCUT2D eigenvalue weighted by Crippen LogP contribution is 2.38. The second-order valence-corrected chi connectivity index (χ2v) is 6.86. The second-order valence-electron chi connectivity index (χ2n) is 6.48. The molecule has 0 aromatic carbocycles. The van der Waals surface area contributed by atoms with Crippen LogP contribution in [0.4, 0.5) is 0 Å². The van der Waals surface area contributed by atoms with Crippen LogP contribution < -0.4 is 5.73 Å².